The minimum atomic E-state index is -3.99. The summed E-state index contributed by atoms with van der Waals surface area (Å²) in [7, 11) is -3.99. The van der Waals surface area contributed by atoms with E-state index in [1.807, 2.05) is 30.6 Å². The second-order valence-corrected chi connectivity index (χ2v) is 21.2. The van der Waals surface area contributed by atoms with Crippen molar-refractivity contribution in [2.45, 2.75) is 106 Å². The second kappa shape index (κ2) is 16.1. The highest BCUT2D eigenvalue weighted by Gasteiger charge is 2.50. The van der Waals surface area contributed by atoms with Crippen molar-refractivity contribution in [3.63, 3.8) is 0 Å². The maximum Gasteiger partial charge on any atom is 0.410 e. The number of amides is 1. The smallest absolute Gasteiger partial charge is 0.410 e. The fourth-order valence-corrected chi connectivity index (χ4v) is 11.6. The zero-order valence-electron chi connectivity index (χ0n) is 37.4. The molecule has 15 nitrogen and oxygen atoms in total. The van der Waals surface area contributed by atoms with Crippen LogP contribution in [0.25, 0.3) is 32.9 Å². The third-order valence-corrected chi connectivity index (χ3v) is 15.3. The van der Waals surface area contributed by atoms with E-state index in [9.17, 15) is 13.2 Å². The van der Waals surface area contributed by atoms with E-state index in [-0.39, 0.29) is 64.5 Å². The molecular formula is C49H49F2N9O6S. The lowest BCUT2D eigenvalue weighted by Gasteiger charge is -2.42. The van der Waals surface area contributed by atoms with E-state index in [1.54, 1.807) is 36.4 Å². The molecule has 0 spiro atoms. The molecule has 6 aromatic rings. The standard InChI is InChI=1S/C49H49F2N9O6S/c1-5-36-39(50)18-15-29-9-6-12-37(40(29)36)42-41(51)43-38(23-52-42)45(57-24-31-16-17-32(25-57)60(31)47(61)66-48(2,3)4)55-46(54-43)64-27-49-19-8-20-58(49)26-34(22-49)65-33-10-7-11-35(21-33)67(62,63)59-28-53-44(56-59)30-13-14-30/h1,6-7,9-12,15,18,21,23,28,30-32,34H,8,13-14,16-17,19-20,22,24-27H2,2-4H3/t31-,32+,34-,49-/m0/s1. The summed E-state index contributed by atoms with van der Waals surface area (Å²) in [6.45, 7) is 7.92. The fraction of sp³-hybridized carbons (Fsp3) is 0.429. The summed E-state index contributed by atoms with van der Waals surface area (Å²) < 4.78 is 79.4. The van der Waals surface area contributed by atoms with Crippen LogP contribution in [0.3, 0.4) is 0 Å². The van der Waals surface area contributed by atoms with Crippen molar-refractivity contribution in [3.05, 3.63) is 90.1 Å². The highest BCUT2D eigenvalue weighted by atomic mass is 32.2. The van der Waals surface area contributed by atoms with Crippen LogP contribution in [0.2, 0.25) is 0 Å². The highest BCUT2D eigenvalue weighted by Crippen LogP contribution is 2.43. The number of benzene rings is 3. The van der Waals surface area contributed by atoms with Crippen molar-refractivity contribution >= 4 is 43.6 Å². The Labute approximate surface area is 386 Å². The molecule has 5 fully saturated rings. The van der Waals surface area contributed by atoms with Gasteiger partial charge in [-0.15, -0.1) is 15.6 Å². The Hall–Kier alpha value is -6.45. The molecule has 3 aromatic carbocycles. The van der Waals surface area contributed by atoms with Gasteiger partial charge < -0.3 is 19.1 Å². The van der Waals surface area contributed by atoms with Gasteiger partial charge in [-0.2, -0.15) is 18.4 Å². The number of nitrogens with zero attached hydrogens (tertiary/aromatic N) is 9. The van der Waals surface area contributed by atoms with Gasteiger partial charge in [-0.1, -0.05) is 36.3 Å². The lowest BCUT2D eigenvalue weighted by atomic mass is 9.94. The monoisotopic (exact) mass is 929 g/mol. The van der Waals surface area contributed by atoms with Gasteiger partial charge in [0.05, 0.1) is 33.5 Å². The summed E-state index contributed by atoms with van der Waals surface area (Å²) in [5, 5.41) is 5.60. The van der Waals surface area contributed by atoms with Crippen molar-refractivity contribution in [1.82, 2.24) is 38.9 Å². The minimum Gasteiger partial charge on any atom is -0.489 e. The molecule has 18 heteroatoms. The van der Waals surface area contributed by atoms with Gasteiger partial charge in [0.15, 0.2) is 11.6 Å². The van der Waals surface area contributed by atoms with Crippen LogP contribution in [0.15, 0.2) is 72.0 Å². The van der Waals surface area contributed by atoms with E-state index >= 15 is 8.78 Å². The molecule has 4 atom stereocenters. The molecule has 0 radical (unpaired) electrons. The Kier molecular flexibility index (Phi) is 10.4. The molecule has 1 saturated carbocycles. The Bertz CT molecular complexity index is 3120. The van der Waals surface area contributed by atoms with Crippen molar-refractivity contribution in [1.29, 1.82) is 0 Å². The maximum atomic E-state index is 17.4. The van der Waals surface area contributed by atoms with Crippen LogP contribution in [0, 0.1) is 24.0 Å². The van der Waals surface area contributed by atoms with E-state index in [2.05, 4.69) is 25.9 Å². The van der Waals surface area contributed by atoms with Gasteiger partial charge in [0.2, 0.25) is 0 Å². The van der Waals surface area contributed by atoms with Crippen LogP contribution in [-0.4, -0.2) is 116 Å². The van der Waals surface area contributed by atoms with Gasteiger partial charge in [-0.3, -0.25) is 14.8 Å². The Morgan fingerprint density at radius 3 is 2.54 bits per heavy atom. The molecule has 346 valence electrons. The van der Waals surface area contributed by atoms with E-state index in [0.717, 1.165) is 49.2 Å². The number of hydrogen-bond donors (Lipinski definition) is 0. The van der Waals surface area contributed by atoms with Gasteiger partial charge in [0.1, 0.15) is 53.2 Å². The molecule has 2 bridgehead atoms. The molecule has 3 aromatic heterocycles. The molecule has 1 aliphatic carbocycles. The number of terminal acetylenes is 1. The number of piperazine rings is 1. The summed E-state index contributed by atoms with van der Waals surface area (Å²) in [5.41, 5.74) is -0.883. The number of hydrogen-bond acceptors (Lipinski definition) is 13. The van der Waals surface area contributed by atoms with Crippen molar-refractivity contribution in [2.75, 3.05) is 37.7 Å². The average Bonchev–Trinajstić information content (AvgIpc) is 3.58. The number of pyridine rings is 1. The van der Waals surface area contributed by atoms with Crippen molar-refractivity contribution < 1.29 is 36.2 Å². The molecule has 67 heavy (non-hydrogen) atoms. The zero-order valence-corrected chi connectivity index (χ0v) is 38.2. The first kappa shape index (κ1) is 43.1. The molecule has 7 heterocycles. The van der Waals surface area contributed by atoms with Crippen LogP contribution in [-0.2, 0) is 14.8 Å². The summed E-state index contributed by atoms with van der Waals surface area (Å²) in [6.07, 6.45) is 13.7. The number of aromatic nitrogens is 6. The Balaban J connectivity index is 0.902. The van der Waals surface area contributed by atoms with Crippen LogP contribution in [0.5, 0.6) is 11.8 Å². The topological polar surface area (TPSA) is 158 Å². The molecule has 5 aliphatic rings. The summed E-state index contributed by atoms with van der Waals surface area (Å²) in [6, 6.07) is 14.1. The maximum absolute atomic E-state index is 17.4. The highest BCUT2D eigenvalue weighted by molar-refractivity contribution is 7.89. The summed E-state index contributed by atoms with van der Waals surface area (Å²) in [5.74, 6) is 2.68. The quantitative estimate of drug-likeness (QED) is 0.125. The molecule has 1 amide bonds. The number of anilines is 1. The largest absolute Gasteiger partial charge is 0.489 e. The van der Waals surface area contributed by atoms with E-state index in [0.29, 0.717) is 65.2 Å². The van der Waals surface area contributed by atoms with Crippen LogP contribution in [0.1, 0.15) is 83.0 Å². The minimum absolute atomic E-state index is 0.00566. The predicted molar refractivity (Wildman–Crippen MR) is 244 cm³/mol. The number of fused-ring (bicyclic) bond motifs is 5. The number of carbonyl (C=O) groups excluding carboxylic acids is 1. The first-order valence-electron chi connectivity index (χ1n) is 22.8. The van der Waals surface area contributed by atoms with Gasteiger partial charge in [0.25, 0.3) is 10.0 Å². The third kappa shape index (κ3) is 7.75. The lowest BCUT2D eigenvalue weighted by Crippen LogP contribution is -2.57. The van der Waals surface area contributed by atoms with Gasteiger partial charge in [-0.25, -0.2) is 18.6 Å². The van der Waals surface area contributed by atoms with E-state index < -0.39 is 32.8 Å². The van der Waals surface area contributed by atoms with Crippen molar-refractivity contribution in [2.24, 2.45) is 0 Å². The first-order valence-corrected chi connectivity index (χ1v) is 24.2. The van der Waals surface area contributed by atoms with Gasteiger partial charge in [0, 0.05) is 55.2 Å². The van der Waals surface area contributed by atoms with Crippen molar-refractivity contribution in [3.8, 4) is 35.4 Å². The molecular weight excluding hydrogens is 881 g/mol. The van der Waals surface area contributed by atoms with Crippen LogP contribution < -0.4 is 14.4 Å². The normalized spacial score (nSPS) is 22.9. The zero-order chi connectivity index (χ0) is 46.4. The third-order valence-electron chi connectivity index (χ3n) is 13.8. The predicted octanol–water partition coefficient (Wildman–Crippen LogP) is 7.46. The number of halogens is 2. The Morgan fingerprint density at radius 1 is 0.985 bits per heavy atom. The lowest BCUT2D eigenvalue weighted by molar-refractivity contribution is 0.0122. The number of carbonyl (C=O) groups is 1. The van der Waals surface area contributed by atoms with E-state index in [4.69, 9.17) is 30.6 Å². The fourth-order valence-electron chi connectivity index (χ4n) is 10.6. The van der Waals surface area contributed by atoms with Gasteiger partial charge >= 0.3 is 12.1 Å². The summed E-state index contributed by atoms with van der Waals surface area (Å²) >= 11 is 0. The average molecular weight is 930 g/mol. The van der Waals surface area contributed by atoms with E-state index in [1.165, 1.54) is 30.7 Å². The molecule has 4 saturated heterocycles. The SMILES string of the molecule is C#Cc1c(F)ccc2cccc(-c3ncc4c(N5C[C@H]6CC[C@@H](C5)N6C(=O)OC(C)(C)C)nc(OC[C@@]56CCCN5C[C@@H](Oc5cccc(S(=O)(=O)n7cnc(C8CC8)n7)c5)C6)nc4c3F)c12. The van der Waals surface area contributed by atoms with Crippen LogP contribution in [0.4, 0.5) is 19.4 Å². The van der Waals surface area contributed by atoms with Gasteiger partial charge in [-0.05, 0) is 89.4 Å². The number of rotatable bonds is 10. The second-order valence-electron chi connectivity index (χ2n) is 19.4. The first-order chi connectivity index (χ1) is 32.2. The molecule has 11 rings (SSSR count). The number of ether oxygens (including phenoxy) is 3. The summed E-state index contributed by atoms with van der Waals surface area (Å²) in [4.78, 5) is 38.2. The van der Waals surface area contributed by atoms with Crippen LogP contribution >= 0.6 is 0 Å². The molecule has 0 N–H and O–H groups in total. The molecule has 4 aliphatic heterocycles. The Morgan fingerprint density at radius 2 is 1.78 bits per heavy atom. The molecule has 0 unspecified atom stereocenters.